The lowest BCUT2D eigenvalue weighted by Gasteiger charge is -2.08. The number of ether oxygens (including phenoxy) is 2. The first-order valence-corrected chi connectivity index (χ1v) is 5.37. The monoisotopic (exact) mass is 247 g/mol. The lowest BCUT2D eigenvalue weighted by atomic mass is 10.3. The van der Waals surface area contributed by atoms with Crippen LogP contribution in [0.25, 0.3) is 0 Å². The summed E-state index contributed by atoms with van der Waals surface area (Å²) >= 11 is 5.87. The molecule has 1 rings (SSSR count). The molecule has 0 saturated heterocycles. The second kappa shape index (κ2) is 7.44. The van der Waals surface area contributed by atoms with Crippen LogP contribution in [0.5, 0.6) is 0 Å². The summed E-state index contributed by atoms with van der Waals surface area (Å²) in [5, 5.41) is 3.49. The molecule has 0 aliphatic heterocycles. The van der Waals surface area contributed by atoms with Crippen molar-refractivity contribution < 1.29 is 13.9 Å². The van der Waals surface area contributed by atoms with Crippen LogP contribution in [0.4, 0.5) is 10.1 Å². The number of anilines is 1. The van der Waals surface area contributed by atoms with E-state index in [1.807, 2.05) is 0 Å². The highest BCUT2D eigenvalue weighted by Gasteiger charge is 2.00. The predicted octanol–water partition coefficient (Wildman–Crippen LogP) is 2.55. The summed E-state index contributed by atoms with van der Waals surface area (Å²) in [4.78, 5) is 0. The zero-order valence-corrected chi connectivity index (χ0v) is 9.89. The molecular weight excluding hydrogens is 233 g/mol. The highest BCUT2D eigenvalue weighted by molar-refractivity contribution is 6.33. The standard InChI is InChI=1S/C11H15ClFNO2/c1-15-6-7-16-5-4-14-11-8-9(13)2-3-10(11)12/h2-3,8,14H,4-7H2,1H3. The Morgan fingerprint density at radius 3 is 2.88 bits per heavy atom. The van der Waals surface area contributed by atoms with E-state index in [4.69, 9.17) is 21.1 Å². The smallest absolute Gasteiger partial charge is 0.125 e. The Morgan fingerprint density at radius 2 is 2.12 bits per heavy atom. The summed E-state index contributed by atoms with van der Waals surface area (Å²) in [5.41, 5.74) is 0.581. The summed E-state index contributed by atoms with van der Waals surface area (Å²) in [6.45, 7) is 2.22. The third-order valence-corrected chi connectivity index (χ3v) is 2.25. The van der Waals surface area contributed by atoms with Gasteiger partial charge >= 0.3 is 0 Å². The van der Waals surface area contributed by atoms with Crippen LogP contribution < -0.4 is 5.32 Å². The Balaban J connectivity index is 2.23. The van der Waals surface area contributed by atoms with Gasteiger partial charge in [0.05, 0.1) is 30.5 Å². The van der Waals surface area contributed by atoms with Gasteiger partial charge in [0.1, 0.15) is 5.82 Å². The Labute approximate surface area is 99.5 Å². The molecule has 0 radical (unpaired) electrons. The fourth-order valence-corrected chi connectivity index (χ4v) is 1.32. The van der Waals surface area contributed by atoms with Crippen LogP contribution in [-0.4, -0.2) is 33.5 Å². The molecule has 1 aromatic rings. The van der Waals surface area contributed by atoms with Crippen LogP contribution >= 0.6 is 11.6 Å². The maximum Gasteiger partial charge on any atom is 0.125 e. The van der Waals surface area contributed by atoms with Crippen LogP contribution in [-0.2, 0) is 9.47 Å². The topological polar surface area (TPSA) is 30.5 Å². The number of hydrogen-bond donors (Lipinski definition) is 1. The highest BCUT2D eigenvalue weighted by atomic mass is 35.5. The van der Waals surface area contributed by atoms with Crippen molar-refractivity contribution in [1.29, 1.82) is 0 Å². The van der Waals surface area contributed by atoms with Gasteiger partial charge in [0, 0.05) is 13.7 Å². The van der Waals surface area contributed by atoms with Crippen LogP contribution in [0.3, 0.4) is 0 Å². The van der Waals surface area contributed by atoms with Gasteiger partial charge < -0.3 is 14.8 Å². The van der Waals surface area contributed by atoms with E-state index in [0.29, 0.717) is 37.1 Å². The fourth-order valence-electron chi connectivity index (χ4n) is 1.14. The number of benzene rings is 1. The molecular formula is C11H15ClFNO2. The maximum atomic E-state index is 12.9. The zero-order chi connectivity index (χ0) is 11.8. The first-order valence-electron chi connectivity index (χ1n) is 4.99. The molecule has 90 valence electrons. The second-order valence-corrected chi connectivity index (χ2v) is 3.56. The second-order valence-electron chi connectivity index (χ2n) is 3.16. The van der Waals surface area contributed by atoms with Crippen molar-refractivity contribution in [3.63, 3.8) is 0 Å². The Bertz CT molecular complexity index is 323. The molecule has 5 heteroatoms. The molecule has 3 nitrogen and oxygen atoms in total. The van der Waals surface area contributed by atoms with Gasteiger partial charge in [-0.25, -0.2) is 4.39 Å². The third kappa shape index (κ3) is 4.79. The first-order chi connectivity index (χ1) is 7.74. The molecule has 0 aliphatic carbocycles. The normalized spacial score (nSPS) is 10.4. The van der Waals surface area contributed by atoms with E-state index in [1.165, 1.54) is 18.2 Å². The SMILES string of the molecule is COCCOCCNc1cc(F)ccc1Cl. The molecule has 0 unspecified atom stereocenters. The largest absolute Gasteiger partial charge is 0.382 e. The van der Waals surface area contributed by atoms with Crippen molar-refractivity contribution >= 4 is 17.3 Å². The molecule has 0 saturated carbocycles. The molecule has 1 aromatic carbocycles. The minimum atomic E-state index is -0.313. The molecule has 0 bridgehead atoms. The number of nitrogens with one attached hydrogen (secondary N) is 1. The molecule has 0 amide bonds. The lowest BCUT2D eigenvalue weighted by Crippen LogP contribution is -2.12. The minimum Gasteiger partial charge on any atom is -0.382 e. The summed E-state index contributed by atoms with van der Waals surface area (Å²) < 4.78 is 22.9. The molecule has 0 aromatic heterocycles. The third-order valence-electron chi connectivity index (χ3n) is 1.92. The van der Waals surface area contributed by atoms with Gasteiger partial charge in [0.15, 0.2) is 0 Å². The van der Waals surface area contributed by atoms with E-state index in [9.17, 15) is 4.39 Å². The van der Waals surface area contributed by atoms with E-state index >= 15 is 0 Å². The van der Waals surface area contributed by atoms with Gasteiger partial charge in [-0.05, 0) is 18.2 Å². The Morgan fingerprint density at radius 1 is 1.31 bits per heavy atom. The molecule has 16 heavy (non-hydrogen) atoms. The molecule has 0 aliphatic rings. The molecule has 1 N–H and O–H groups in total. The summed E-state index contributed by atoms with van der Waals surface area (Å²) in [6.07, 6.45) is 0. The number of hydrogen-bond acceptors (Lipinski definition) is 3. The van der Waals surface area contributed by atoms with Gasteiger partial charge in [-0.15, -0.1) is 0 Å². The predicted molar refractivity (Wildman–Crippen MR) is 62.6 cm³/mol. The fraction of sp³-hybridized carbons (Fsp3) is 0.455. The van der Waals surface area contributed by atoms with Crippen LogP contribution in [0, 0.1) is 5.82 Å². The summed E-state index contributed by atoms with van der Waals surface area (Å²) in [7, 11) is 1.62. The van der Waals surface area contributed by atoms with Crippen molar-refractivity contribution in [2.75, 3.05) is 38.8 Å². The lowest BCUT2D eigenvalue weighted by molar-refractivity contribution is 0.0759. The van der Waals surface area contributed by atoms with Crippen molar-refractivity contribution in [2.24, 2.45) is 0 Å². The zero-order valence-electron chi connectivity index (χ0n) is 9.13. The van der Waals surface area contributed by atoms with E-state index < -0.39 is 0 Å². The van der Waals surface area contributed by atoms with Crippen LogP contribution in [0.15, 0.2) is 18.2 Å². The van der Waals surface area contributed by atoms with Crippen molar-refractivity contribution in [1.82, 2.24) is 0 Å². The van der Waals surface area contributed by atoms with Gasteiger partial charge in [-0.3, -0.25) is 0 Å². The van der Waals surface area contributed by atoms with Gasteiger partial charge in [-0.1, -0.05) is 11.6 Å². The number of methoxy groups -OCH3 is 1. The van der Waals surface area contributed by atoms with Crippen LogP contribution in [0.1, 0.15) is 0 Å². The summed E-state index contributed by atoms with van der Waals surface area (Å²) in [6, 6.07) is 4.20. The highest BCUT2D eigenvalue weighted by Crippen LogP contribution is 2.21. The first kappa shape index (κ1) is 13.2. The van der Waals surface area contributed by atoms with Crippen molar-refractivity contribution in [3.05, 3.63) is 29.0 Å². The van der Waals surface area contributed by atoms with E-state index in [-0.39, 0.29) is 5.82 Å². The van der Waals surface area contributed by atoms with Crippen molar-refractivity contribution in [3.8, 4) is 0 Å². The van der Waals surface area contributed by atoms with Crippen LogP contribution in [0.2, 0.25) is 5.02 Å². The molecule has 0 fully saturated rings. The number of rotatable bonds is 7. The molecule has 0 spiro atoms. The Hall–Kier alpha value is -0.840. The molecule has 0 heterocycles. The minimum absolute atomic E-state index is 0.313. The summed E-state index contributed by atoms with van der Waals surface area (Å²) in [5.74, 6) is -0.313. The van der Waals surface area contributed by atoms with E-state index in [0.717, 1.165) is 0 Å². The number of halogens is 2. The average Bonchev–Trinajstić information content (AvgIpc) is 2.28. The van der Waals surface area contributed by atoms with Gasteiger partial charge in [0.2, 0.25) is 0 Å². The van der Waals surface area contributed by atoms with Gasteiger partial charge in [0.25, 0.3) is 0 Å². The van der Waals surface area contributed by atoms with E-state index in [1.54, 1.807) is 7.11 Å². The van der Waals surface area contributed by atoms with Crippen molar-refractivity contribution in [2.45, 2.75) is 0 Å². The van der Waals surface area contributed by atoms with E-state index in [2.05, 4.69) is 5.32 Å². The quantitative estimate of drug-likeness (QED) is 0.752. The molecule has 0 atom stereocenters. The van der Waals surface area contributed by atoms with Gasteiger partial charge in [-0.2, -0.15) is 0 Å². The average molecular weight is 248 g/mol. The maximum absolute atomic E-state index is 12.9. The Kier molecular flexibility index (Phi) is 6.15.